The Bertz CT molecular complexity index is 1280. The molecule has 0 radical (unpaired) electrons. The average molecular weight is 434 g/mol. The summed E-state index contributed by atoms with van der Waals surface area (Å²) in [5.41, 5.74) is 0.526. The summed E-state index contributed by atoms with van der Waals surface area (Å²) in [6, 6.07) is 13.0. The summed E-state index contributed by atoms with van der Waals surface area (Å²) in [7, 11) is 0. The number of ether oxygens (including phenoxy) is 1. The third-order valence-electron chi connectivity index (χ3n) is 4.40. The minimum Gasteiger partial charge on any atom is -0.439 e. The number of nitrogens with zero attached hydrogens (tertiary/aromatic N) is 5. The van der Waals surface area contributed by atoms with E-state index in [9.17, 15) is 19.3 Å². The summed E-state index contributed by atoms with van der Waals surface area (Å²) in [6.45, 7) is 0.0376. The van der Waals surface area contributed by atoms with Gasteiger partial charge in [0.15, 0.2) is 0 Å². The molecule has 0 unspecified atom stereocenters. The number of carbonyl (C=O) groups excluding carboxylic acids is 1. The van der Waals surface area contributed by atoms with Crippen molar-refractivity contribution in [2.45, 2.75) is 6.54 Å². The fourth-order valence-electron chi connectivity index (χ4n) is 2.91. The summed E-state index contributed by atoms with van der Waals surface area (Å²) in [6.07, 6.45) is 4.08. The van der Waals surface area contributed by atoms with Crippen LogP contribution in [-0.4, -0.2) is 30.6 Å². The summed E-state index contributed by atoms with van der Waals surface area (Å²) >= 11 is 0. The quantitative estimate of drug-likeness (QED) is 0.349. The average Bonchev–Trinajstić information content (AvgIpc) is 3.33. The van der Waals surface area contributed by atoms with Crippen molar-refractivity contribution in [2.24, 2.45) is 0 Å². The van der Waals surface area contributed by atoms with Crippen LogP contribution in [0, 0.1) is 15.9 Å². The maximum Gasteiger partial charge on any atom is 0.295 e. The van der Waals surface area contributed by atoms with Crippen LogP contribution in [0.4, 0.5) is 10.1 Å². The molecule has 2 heterocycles. The minimum absolute atomic E-state index is 0.0376. The molecule has 0 bridgehead atoms. The van der Waals surface area contributed by atoms with Crippen molar-refractivity contribution in [1.82, 2.24) is 25.1 Å². The SMILES string of the molecule is O=C(NCc1cccnc1Oc1cccc(F)c1)c1ccc(-n2cncn2)c([N+](=O)[O-])c1. The van der Waals surface area contributed by atoms with Crippen LogP contribution in [0.3, 0.4) is 0 Å². The molecule has 10 nitrogen and oxygen atoms in total. The van der Waals surface area contributed by atoms with Gasteiger partial charge in [-0.25, -0.2) is 19.0 Å². The molecular formula is C21H15FN6O4. The van der Waals surface area contributed by atoms with E-state index in [1.165, 1.54) is 59.9 Å². The van der Waals surface area contributed by atoms with Crippen molar-refractivity contribution in [3.8, 4) is 17.3 Å². The maximum absolute atomic E-state index is 13.4. The Balaban J connectivity index is 1.51. The second-order valence-corrected chi connectivity index (χ2v) is 6.51. The van der Waals surface area contributed by atoms with Gasteiger partial charge in [-0.1, -0.05) is 12.1 Å². The summed E-state index contributed by atoms with van der Waals surface area (Å²) < 4.78 is 20.3. The molecule has 0 fully saturated rings. The smallest absolute Gasteiger partial charge is 0.295 e. The Labute approximate surface area is 180 Å². The van der Waals surface area contributed by atoms with E-state index < -0.39 is 16.6 Å². The first-order chi connectivity index (χ1) is 15.5. The predicted molar refractivity (Wildman–Crippen MR) is 110 cm³/mol. The Morgan fingerprint density at radius 1 is 1.19 bits per heavy atom. The number of hydrogen-bond acceptors (Lipinski definition) is 7. The van der Waals surface area contributed by atoms with Gasteiger partial charge >= 0.3 is 0 Å². The van der Waals surface area contributed by atoms with E-state index in [0.29, 0.717) is 5.56 Å². The van der Waals surface area contributed by atoms with Crippen LogP contribution in [0.15, 0.2) is 73.4 Å². The van der Waals surface area contributed by atoms with Crippen LogP contribution < -0.4 is 10.1 Å². The molecule has 2 aromatic heterocycles. The fourth-order valence-corrected chi connectivity index (χ4v) is 2.91. The largest absolute Gasteiger partial charge is 0.439 e. The second kappa shape index (κ2) is 9.00. The lowest BCUT2D eigenvalue weighted by atomic mass is 10.1. The minimum atomic E-state index is -0.597. The first-order valence-electron chi connectivity index (χ1n) is 9.30. The molecule has 1 amide bonds. The van der Waals surface area contributed by atoms with E-state index in [1.807, 2.05) is 0 Å². The molecule has 1 N–H and O–H groups in total. The lowest BCUT2D eigenvalue weighted by Gasteiger charge is -2.11. The van der Waals surface area contributed by atoms with Crippen LogP contribution >= 0.6 is 0 Å². The van der Waals surface area contributed by atoms with E-state index in [-0.39, 0.29) is 35.1 Å². The van der Waals surface area contributed by atoms with Crippen molar-refractivity contribution >= 4 is 11.6 Å². The first-order valence-corrected chi connectivity index (χ1v) is 9.30. The number of nitro groups is 1. The van der Waals surface area contributed by atoms with Crippen molar-refractivity contribution in [3.63, 3.8) is 0 Å². The van der Waals surface area contributed by atoms with Gasteiger partial charge in [-0.2, -0.15) is 5.10 Å². The number of pyridine rings is 1. The molecule has 11 heteroatoms. The number of hydrogen-bond donors (Lipinski definition) is 1. The highest BCUT2D eigenvalue weighted by Crippen LogP contribution is 2.25. The number of nitrogens with one attached hydrogen (secondary N) is 1. The van der Waals surface area contributed by atoms with Gasteiger partial charge in [0.1, 0.15) is 29.9 Å². The van der Waals surface area contributed by atoms with E-state index in [0.717, 1.165) is 0 Å². The second-order valence-electron chi connectivity index (χ2n) is 6.51. The number of benzene rings is 2. The van der Waals surface area contributed by atoms with Gasteiger partial charge in [0.2, 0.25) is 5.88 Å². The number of halogens is 1. The van der Waals surface area contributed by atoms with E-state index >= 15 is 0 Å². The van der Waals surface area contributed by atoms with Crippen LogP contribution in [0.2, 0.25) is 0 Å². The molecule has 0 saturated heterocycles. The fraction of sp³-hybridized carbons (Fsp3) is 0.0476. The number of amides is 1. The monoisotopic (exact) mass is 434 g/mol. The zero-order chi connectivity index (χ0) is 22.5. The van der Waals surface area contributed by atoms with Gasteiger partial charge in [-0.05, 0) is 30.3 Å². The highest BCUT2D eigenvalue weighted by molar-refractivity contribution is 5.95. The molecule has 4 rings (SSSR count). The topological polar surface area (TPSA) is 125 Å². The third-order valence-corrected chi connectivity index (χ3v) is 4.40. The summed E-state index contributed by atoms with van der Waals surface area (Å²) in [5, 5.41) is 18.0. The van der Waals surface area contributed by atoms with Crippen molar-refractivity contribution in [3.05, 3.63) is 101 Å². The standard InChI is InChI=1S/C21H15FN6O4/c22-16-4-1-5-17(10-16)32-21-15(3-2-8-24-21)11-25-20(29)14-6-7-18(19(9-14)28(30)31)27-13-23-12-26-27/h1-10,12-13H,11H2,(H,25,29). The number of nitro benzene ring substituents is 1. The Morgan fingerprint density at radius 2 is 2.06 bits per heavy atom. The lowest BCUT2D eigenvalue weighted by Crippen LogP contribution is -2.23. The molecule has 4 aromatic rings. The van der Waals surface area contributed by atoms with Crippen molar-refractivity contribution in [2.75, 3.05) is 0 Å². The lowest BCUT2D eigenvalue weighted by molar-refractivity contribution is -0.384. The zero-order valence-corrected chi connectivity index (χ0v) is 16.4. The van der Waals surface area contributed by atoms with Crippen LogP contribution in [0.25, 0.3) is 5.69 Å². The zero-order valence-electron chi connectivity index (χ0n) is 16.4. The molecule has 32 heavy (non-hydrogen) atoms. The first kappa shape index (κ1) is 20.6. The number of aromatic nitrogens is 4. The molecule has 2 aromatic carbocycles. The Kier molecular flexibility index (Phi) is 5.79. The molecular weight excluding hydrogens is 419 g/mol. The molecule has 0 spiro atoms. The van der Waals surface area contributed by atoms with Crippen LogP contribution in [-0.2, 0) is 6.54 Å². The molecule has 0 atom stereocenters. The number of carbonyl (C=O) groups is 1. The van der Waals surface area contributed by atoms with Gasteiger partial charge in [0.25, 0.3) is 11.6 Å². The highest BCUT2D eigenvalue weighted by atomic mass is 19.1. The van der Waals surface area contributed by atoms with E-state index in [2.05, 4.69) is 20.4 Å². The normalized spacial score (nSPS) is 10.5. The van der Waals surface area contributed by atoms with E-state index in [1.54, 1.807) is 18.2 Å². The predicted octanol–water partition coefficient (Wildman–Crippen LogP) is 3.43. The molecule has 0 aliphatic carbocycles. The van der Waals surface area contributed by atoms with Crippen LogP contribution in [0.5, 0.6) is 11.6 Å². The van der Waals surface area contributed by atoms with Gasteiger partial charge in [-0.3, -0.25) is 14.9 Å². The summed E-state index contributed by atoms with van der Waals surface area (Å²) in [4.78, 5) is 31.4. The van der Waals surface area contributed by atoms with Crippen molar-refractivity contribution < 1.29 is 18.8 Å². The van der Waals surface area contributed by atoms with Gasteiger partial charge < -0.3 is 10.1 Å². The molecule has 0 aliphatic heterocycles. The Morgan fingerprint density at radius 3 is 2.81 bits per heavy atom. The van der Waals surface area contributed by atoms with Gasteiger partial charge in [0.05, 0.1) is 4.92 Å². The molecule has 0 aliphatic rings. The van der Waals surface area contributed by atoms with Crippen LogP contribution in [0.1, 0.15) is 15.9 Å². The maximum atomic E-state index is 13.4. The van der Waals surface area contributed by atoms with E-state index in [4.69, 9.17) is 4.74 Å². The van der Waals surface area contributed by atoms with Crippen molar-refractivity contribution in [1.29, 1.82) is 0 Å². The molecule has 0 saturated carbocycles. The number of rotatable bonds is 7. The third kappa shape index (κ3) is 4.56. The Hall–Kier alpha value is -4.67. The van der Waals surface area contributed by atoms with Gasteiger partial charge in [0, 0.05) is 36.0 Å². The molecule has 160 valence electrons. The summed E-state index contributed by atoms with van der Waals surface area (Å²) in [5.74, 6) is -0.524. The van der Waals surface area contributed by atoms with Gasteiger partial charge in [-0.15, -0.1) is 0 Å². The highest BCUT2D eigenvalue weighted by Gasteiger charge is 2.19.